The van der Waals surface area contributed by atoms with Crippen LogP contribution < -0.4 is 5.32 Å². The van der Waals surface area contributed by atoms with Gasteiger partial charge in [-0.15, -0.1) is 0 Å². The van der Waals surface area contributed by atoms with Crippen molar-refractivity contribution in [3.05, 3.63) is 33.8 Å². The monoisotopic (exact) mass is 514 g/mol. The number of amides is 2. The number of carbonyl (C=O) groups excluding carboxylic acids is 1. The number of urea groups is 1. The highest BCUT2D eigenvalue weighted by molar-refractivity contribution is 9.10. The number of fused-ring (bicyclic) bond motifs is 2. The number of nitrogens with zero attached hydrogens (tertiary/aromatic N) is 1. The molecule has 1 aliphatic heterocycles. The molecule has 1 aromatic rings. The van der Waals surface area contributed by atoms with Gasteiger partial charge < -0.3 is 15.3 Å². The van der Waals surface area contributed by atoms with Crippen LogP contribution in [0.2, 0.25) is 0 Å². The first-order valence-electron chi connectivity index (χ1n) is 12.9. The number of rotatable bonds is 3. The number of carboxylic acids is 1. The Balaban J connectivity index is 1.16. The molecule has 7 rings (SSSR count). The number of nitrogens with one attached hydrogen (secondary N) is 1. The summed E-state index contributed by atoms with van der Waals surface area (Å²) >= 11 is 3.78. The highest BCUT2D eigenvalue weighted by Gasteiger charge is 2.51. The van der Waals surface area contributed by atoms with E-state index < -0.39 is 11.9 Å². The van der Waals surface area contributed by atoms with Crippen molar-refractivity contribution in [2.75, 3.05) is 13.1 Å². The summed E-state index contributed by atoms with van der Waals surface area (Å²) < 4.78 is 1.09. The second-order valence-electron chi connectivity index (χ2n) is 11.8. The Morgan fingerprint density at radius 3 is 2.33 bits per heavy atom. The minimum Gasteiger partial charge on any atom is -0.481 e. The predicted molar refractivity (Wildman–Crippen MR) is 130 cm³/mol. The maximum Gasteiger partial charge on any atom is 0.317 e. The molecular weight excluding hydrogens is 480 g/mol. The molecular formula is C27H35BrN2O3. The molecule has 6 aliphatic rings. The lowest BCUT2D eigenvalue weighted by molar-refractivity contribution is -0.142. The fraction of sp³-hybridized carbons (Fsp3) is 0.704. The fourth-order valence-electron chi connectivity index (χ4n) is 8.65. The molecule has 5 nitrogen and oxygen atoms in total. The maximum atomic E-state index is 13.3. The van der Waals surface area contributed by atoms with Crippen molar-refractivity contribution in [2.24, 2.45) is 29.6 Å². The summed E-state index contributed by atoms with van der Waals surface area (Å²) in [4.78, 5) is 27.1. The largest absolute Gasteiger partial charge is 0.481 e. The third-order valence-corrected chi connectivity index (χ3v) is 10.8. The van der Waals surface area contributed by atoms with Crippen LogP contribution in [-0.2, 0) is 10.2 Å². The van der Waals surface area contributed by atoms with E-state index in [1.165, 1.54) is 43.2 Å². The first-order valence-corrected chi connectivity index (χ1v) is 13.7. The number of aliphatic carboxylic acids is 1. The van der Waals surface area contributed by atoms with Crippen molar-refractivity contribution in [3.63, 3.8) is 0 Å². The van der Waals surface area contributed by atoms with Crippen molar-refractivity contribution in [3.8, 4) is 0 Å². The number of carboxylic acid groups (broad SMARTS) is 1. The normalized spacial score (nSPS) is 36.6. The first-order chi connectivity index (χ1) is 15.8. The Kier molecular flexibility index (Phi) is 5.32. The number of hydrogen-bond donors (Lipinski definition) is 2. The molecule has 2 amide bonds. The van der Waals surface area contributed by atoms with E-state index in [0.29, 0.717) is 17.9 Å². The van der Waals surface area contributed by atoms with E-state index in [2.05, 4.69) is 33.4 Å². The van der Waals surface area contributed by atoms with Gasteiger partial charge in [0.25, 0.3) is 0 Å². The van der Waals surface area contributed by atoms with Crippen LogP contribution in [0.4, 0.5) is 4.79 Å². The van der Waals surface area contributed by atoms with E-state index in [1.54, 1.807) is 0 Å². The summed E-state index contributed by atoms with van der Waals surface area (Å²) in [5.74, 6) is 2.11. The molecule has 33 heavy (non-hydrogen) atoms. The van der Waals surface area contributed by atoms with Crippen LogP contribution in [0.1, 0.15) is 75.3 Å². The molecule has 5 fully saturated rings. The number of benzene rings is 1. The van der Waals surface area contributed by atoms with Gasteiger partial charge in [0.15, 0.2) is 0 Å². The van der Waals surface area contributed by atoms with Crippen molar-refractivity contribution in [1.29, 1.82) is 0 Å². The minimum atomic E-state index is -0.726. The van der Waals surface area contributed by atoms with Crippen LogP contribution in [0.25, 0.3) is 0 Å². The zero-order valence-electron chi connectivity index (χ0n) is 19.4. The number of carbonyl (C=O) groups is 2. The van der Waals surface area contributed by atoms with Crippen LogP contribution in [-0.4, -0.2) is 41.1 Å². The Morgan fingerprint density at radius 1 is 1.09 bits per heavy atom. The van der Waals surface area contributed by atoms with Gasteiger partial charge in [-0.25, -0.2) is 4.79 Å². The highest BCUT2D eigenvalue weighted by atomic mass is 79.9. The Labute approximate surface area is 204 Å². The summed E-state index contributed by atoms with van der Waals surface area (Å²) in [5.41, 5.74) is 2.44. The Morgan fingerprint density at radius 2 is 1.73 bits per heavy atom. The average Bonchev–Trinajstić information content (AvgIpc) is 3.10. The number of hydrogen-bond acceptors (Lipinski definition) is 2. The molecule has 1 heterocycles. The van der Waals surface area contributed by atoms with Crippen LogP contribution >= 0.6 is 15.9 Å². The van der Waals surface area contributed by atoms with E-state index in [4.69, 9.17) is 0 Å². The third-order valence-electron chi connectivity index (χ3n) is 10.1. The van der Waals surface area contributed by atoms with Crippen molar-refractivity contribution < 1.29 is 14.7 Å². The highest BCUT2D eigenvalue weighted by Crippen LogP contribution is 2.56. The van der Waals surface area contributed by atoms with Crippen molar-refractivity contribution in [1.82, 2.24) is 10.2 Å². The number of piperidine rings is 1. The van der Waals surface area contributed by atoms with Gasteiger partial charge in [-0.1, -0.05) is 35.0 Å². The van der Waals surface area contributed by atoms with Crippen LogP contribution in [0.3, 0.4) is 0 Å². The molecule has 5 aliphatic carbocycles. The van der Waals surface area contributed by atoms with Gasteiger partial charge in [0.2, 0.25) is 0 Å². The zero-order valence-corrected chi connectivity index (χ0v) is 21.0. The molecule has 6 heteroatoms. The average molecular weight is 515 g/mol. The summed E-state index contributed by atoms with van der Waals surface area (Å²) in [6.07, 6.45) is 9.36. The molecule has 0 radical (unpaired) electrons. The summed E-state index contributed by atoms with van der Waals surface area (Å²) in [5, 5.41) is 13.2. The molecule has 2 N–H and O–H groups in total. The van der Waals surface area contributed by atoms with Crippen LogP contribution in [0, 0.1) is 29.6 Å². The summed E-state index contributed by atoms with van der Waals surface area (Å²) in [6, 6.07) is 6.73. The topological polar surface area (TPSA) is 69.6 Å². The fourth-order valence-corrected chi connectivity index (χ4v) is 9.45. The lowest BCUT2D eigenvalue weighted by Gasteiger charge is -2.54. The molecule has 1 saturated heterocycles. The maximum absolute atomic E-state index is 13.3. The van der Waals surface area contributed by atoms with Gasteiger partial charge in [-0.2, -0.15) is 0 Å². The van der Waals surface area contributed by atoms with Crippen LogP contribution in [0.5, 0.6) is 0 Å². The van der Waals surface area contributed by atoms with Gasteiger partial charge in [0, 0.05) is 29.0 Å². The molecule has 4 saturated carbocycles. The van der Waals surface area contributed by atoms with Gasteiger partial charge in [-0.3, -0.25) is 4.79 Å². The van der Waals surface area contributed by atoms with Gasteiger partial charge in [0.05, 0.1) is 5.92 Å². The molecule has 4 bridgehead atoms. The van der Waals surface area contributed by atoms with E-state index in [1.807, 2.05) is 17.9 Å². The SMILES string of the molecule is CC(C(=O)O)C1CC2(CCN(C(=O)NC3C4CC5CC(C4)CC3C5)CC2)c2c(Br)cccc21. The minimum absolute atomic E-state index is 0.0309. The van der Waals surface area contributed by atoms with Crippen molar-refractivity contribution in [2.45, 2.75) is 75.7 Å². The molecule has 1 spiro atoms. The summed E-state index contributed by atoms with van der Waals surface area (Å²) in [7, 11) is 0. The standard InChI is InChI=1S/C27H35BrN2O3/c1-15(25(31)32)21-14-27(23-20(21)3-2-4-22(23)28)5-7-30(8-6-27)26(33)29-24-18-10-16-9-17(12-18)13-19(24)11-16/h2-4,15-19,21,24H,5-14H2,1H3,(H,29,33)(H,31,32). The summed E-state index contributed by atoms with van der Waals surface area (Å²) in [6.45, 7) is 3.33. The smallest absolute Gasteiger partial charge is 0.317 e. The molecule has 2 atom stereocenters. The lowest BCUT2D eigenvalue weighted by atomic mass is 9.54. The van der Waals surface area contributed by atoms with E-state index in [9.17, 15) is 14.7 Å². The quantitative estimate of drug-likeness (QED) is 0.557. The predicted octanol–water partition coefficient (Wildman–Crippen LogP) is 5.53. The van der Waals surface area contributed by atoms with E-state index in [-0.39, 0.29) is 17.4 Å². The molecule has 178 valence electrons. The Bertz CT molecular complexity index is 942. The molecule has 0 aromatic heterocycles. The van der Waals surface area contributed by atoms with E-state index >= 15 is 0 Å². The van der Waals surface area contributed by atoms with Gasteiger partial charge in [-0.05, 0) is 98.1 Å². The number of likely N-dealkylation sites (tertiary alicyclic amines) is 1. The molecule has 1 aromatic carbocycles. The van der Waals surface area contributed by atoms with Gasteiger partial charge >= 0.3 is 12.0 Å². The van der Waals surface area contributed by atoms with Crippen molar-refractivity contribution >= 4 is 27.9 Å². The second-order valence-corrected chi connectivity index (χ2v) is 12.7. The Hall–Kier alpha value is -1.56. The second kappa shape index (κ2) is 8.00. The van der Waals surface area contributed by atoms with Gasteiger partial charge in [0.1, 0.15) is 0 Å². The zero-order chi connectivity index (χ0) is 22.9. The number of halogens is 1. The third kappa shape index (κ3) is 3.54. The van der Waals surface area contributed by atoms with Crippen LogP contribution in [0.15, 0.2) is 22.7 Å². The van der Waals surface area contributed by atoms with E-state index in [0.717, 1.165) is 48.7 Å². The first kappa shape index (κ1) is 21.9. The molecule has 2 unspecified atom stereocenters. The lowest BCUT2D eigenvalue weighted by Crippen LogP contribution is -2.59.